The molecule has 10 heteroatoms. The summed E-state index contributed by atoms with van der Waals surface area (Å²) >= 11 is 0. The molecule has 116 valence electrons. The first-order valence-electron chi connectivity index (χ1n) is 6.17. The topological polar surface area (TPSA) is 122 Å². The molecule has 0 saturated carbocycles. The van der Waals surface area contributed by atoms with E-state index < -0.39 is 16.6 Å². The fourth-order valence-corrected chi connectivity index (χ4v) is 3.25. The van der Waals surface area contributed by atoms with Crippen LogP contribution in [0.5, 0.6) is 0 Å². The smallest absolute Gasteiger partial charge is 0.265 e. The van der Waals surface area contributed by atoms with Gasteiger partial charge in [0, 0.05) is 13.3 Å². The molecule has 21 heavy (non-hydrogen) atoms. The molecule has 0 saturated heterocycles. The van der Waals surface area contributed by atoms with Crippen molar-refractivity contribution in [1.29, 1.82) is 0 Å². The van der Waals surface area contributed by atoms with Gasteiger partial charge >= 0.3 is 0 Å². The standard InChI is InChI=1S/C11H17N5O4S/c1-8-11(10(7-17)14-13-8)21(18,19)15-9-5-12-16(6-9)3-4-20-2/h5-6,15,17H,3-4,7H2,1-2H3,(H,13,14). The molecule has 2 aromatic heterocycles. The Bertz CT molecular complexity index is 706. The molecule has 0 radical (unpaired) electrons. The summed E-state index contributed by atoms with van der Waals surface area (Å²) < 4.78 is 33.6. The molecule has 0 aromatic carbocycles. The third-order valence-corrected chi connectivity index (χ3v) is 4.37. The van der Waals surface area contributed by atoms with E-state index in [1.54, 1.807) is 24.9 Å². The number of methoxy groups -OCH3 is 1. The van der Waals surface area contributed by atoms with Crippen molar-refractivity contribution in [2.45, 2.75) is 25.0 Å². The molecule has 2 heterocycles. The second-order valence-corrected chi connectivity index (χ2v) is 5.99. The van der Waals surface area contributed by atoms with Crippen LogP contribution in [-0.2, 0) is 27.9 Å². The monoisotopic (exact) mass is 315 g/mol. The summed E-state index contributed by atoms with van der Waals surface area (Å²) in [6, 6.07) is 0. The third-order valence-electron chi connectivity index (χ3n) is 2.79. The Morgan fingerprint density at radius 2 is 2.29 bits per heavy atom. The van der Waals surface area contributed by atoms with Crippen molar-refractivity contribution >= 4 is 15.7 Å². The summed E-state index contributed by atoms with van der Waals surface area (Å²) in [6.07, 6.45) is 2.96. The van der Waals surface area contributed by atoms with Gasteiger partial charge in [-0.2, -0.15) is 10.2 Å². The number of sulfonamides is 1. The molecule has 0 amide bonds. The minimum atomic E-state index is -3.84. The molecule has 3 N–H and O–H groups in total. The summed E-state index contributed by atoms with van der Waals surface area (Å²) in [5.41, 5.74) is 0.765. The van der Waals surface area contributed by atoms with E-state index >= 15 is 0 Å². The van der Waals surface area contributed by atoms with Crippen LogP contribution in [0.4, 0.5) is 5.69 Å². The molecule has 0 spiro atoms. The number of aliphatic hydroxyl groups excluding tert-OH is 1. The minimum absolute atomic E-state index is 0.0466. The Morgan fingerprint density at radius 1 is 1.52 bits per heavy atom. The maximum Gasteiger partial charge on any atom is 0.265 e. The Morgan fingerprint density at radius 3 is 2.95 bits per heavy atom. The first-order chi connectivity index (χ1) is 9.97. The van der Waals surface area contributed by atoms with Crippen molar-refractivity contribution < 1.29 is 18.3 Å². The molecule has 0 aliphatic rings. The maximum absolute atomic E-state index is 12.3. The zero-order valence-corrected chi connectivity index (χ0v) is 12.5. The van der Waals surface area contributed by atoms with E-state index in [0.29, 0.717) is 24.5 Å². The van der Waals surface area contributed by atoms with Crippen LogP contribution >= 0.6 is 0 Å². The van der Waals surface area contributed by atoms with Crippen molar-refractivity contribution in [3.8, 4) is 0 Å². The van der Waals surface area contributed by atoms with E-state index in [0.717, 1.165) is 0 Å². The van der Waals surface area contributed by atoms with Crippen LogP contribution in [0, 0.1) is 6.92 Å². The van der Waals surface area contributed by atoms with Crippen LogP contribution in [0.2, 0.25) is 0 Å². The van der Waals surface area contributed by atoms with Gasteiger partial charge in [-0.3, -0.25) is 14.5 Å². The lowest BCUT2D eigenvalue weighted by Gasteiger charge is -2.06. The van der Waals surface area contributed by atoms with Gasteiger partial charge in [0.1, 0.15) is 10.6 Å². The van der Waals surface area contributed by atoms with Crippen LogP contribution in [0.3, 0.4) is 0 Å². The van der Waals surface area contributed by atoms with Gasteiger partial charge in [-0.15, -0.1) is 0 Å². The highest BCUT2D eigenvalue weighted by Gasteiger charge is 2.24. The molecular formula is C11H17N5O4S. The van der Waals surface area contributed by atoms with Crippen molar-refractivity contribution in [3.05, 3.63) is 23.8 Å². The fourth-order valence-electron chi connectivity index (χ4n) is 1.86. The van der Waals surface area contributed by atoms with Gasteiger partial charge in [0.15, 0.2) is 0 Å². The lowest BCUT2D eigenvalue weighted by atomic mass is 10.4. The van der Waals surface area contributed by atoms with Gasteiger partial charge in [-0.05, 0) is 6.92 Å². The van der Waals surface area contributed by atoms with Gasteiger partial charge in [-0.25, -0.2) is 8.42 Å². The number of nitrogens with zero attached hydrogens (tertiary/aromatic N) is 3. The normalized spacial score (nSPS) is 11.8. The largest absolute Gasteiger partial charge is 0.390 e. The van der Waals surface area contributed by atoms with E-state index in [2.05, 4.69) is 20.0 Å². The zero-order chi connectivity index (χ0) is 15.5. The minimum Gasteiger partial charge on any atom is -0.390 e. The molecule has 0 bridgehead atoms. The number of nitrogens with one attached hydrogen (secondary N) is 2. The average Bonchev–Trinajstić information content (AvgIpc) is 3.02. The van der Waals surface area contributed by atoms with Crippen LogP contribution < -0.4 is 4.72 Å². The zero-order valence-electron chi connectivity index (χ0n) is 11.7. The van der Waals surface area contributed by atoms with Gasteiger partial charge in [-0.1, -0.05) is 0 Å². The molecular weight excluding hydrogens is 298 g/mol. The number of anilines is 1. The summed E-state index contributed by atoms with van der Waals surface area (Å²) in [5, 5.41) is 19.5. The number of H-pyrrole nitrogens is 1. The highest BCUT2D eigenvalue weighted by atomic mass is 32.2. The molecule has 2 rings (SSSR count). The van der Waals surface area contributed by atoms with Gasteiger partial charge in [0.25, 0.3) is 10.0 Å². The summed E-state index contributed by atoms with van der Waals surface area (Å²) in [7, 11) is -2.26. The van der Waals surface area contributed by atoms with Crippen molar-refractivity contribution in [1.82, 2.24) is 20.0 Å². The number of rotatable bonds is 7. The van der Waals surface area contributed by atoms with E-state index in [1.807, 2.05) is 0 Å². The Labute approximate surface area is 122 Å². The predicted molar refractivity (Wildman–Crippen MR) is 74.2 cm³/mol. The van der Waals surface area contributed by atoms with E-state index in [-0.39, 0.29) is 10.6 Å². The number of hydrogen-bond donors (Lipinski definition) is 3. The Hall–Kier alpha value is -1.91. The van der Waals surface area contributed by atoms with Crippen LogP contribution in [0.25, 0.3) is 0 Å². The van der Waals surface area contributed by atoms with Crippen molar-refractivity contribution in [2.24, 2.45) is 0 Å². The van der Waals surface area contributed by atoms with E-state index in [4.69, 9.17) is 9.84 Å². The highest BCUT2D eigenvalue weighted by molar-refractivity contribution is 7.92. The SMILES string of the molecule is COCCn1cc(NS(=O)(=O)c2c(CO)n[nH]c2C)cn1. The molecule has 0 aliphatic carbocycles. The maximum atomic E-state index is 12.3. The fraction of sp³-hybridized carbons (Fsp3) is 0.455. The lowest BCUT2D eigenvalue weighted by molar-refractivity contribution is 0.183. The number of hydrogen-bond acceptors (Lipinski definition) is 6. The first kappa shape index (κ1) is 15.5. The van der Waals surface area contributed by atoms with Crippen LogP contribution in [-0.4, -0.2) is 47.2 Å². The lowest BCUT2D eigenvalue weighted by Crippen LogP contribution is -2.15. The van der Waals surface area contributed by atoms with Crippen molar-refractivity contribution in [3.63, 3.8) is 0 Å². The van der Waals surface area contributed by atoms with Crippen LogP contribution in [0.15, 0.2) is 17.3 Å². The third kappa shape index (κ3) is 3.40. The summed E-state index contributed by atoms with van der Waals surface area (Å²) in [4.78, 5) is -0.0466. The molecule has 0 aliphatic heterocycles. The second kappa shape index (κ2) is 6.24. The van der Waals surface area contributed by atoms with Gasteiger partial charge in [0.05, 0.1) is 37.3 Å². The van der Waals surface area contributed by atoms with E-state index in [9.17, 15) is 8.42 Å². The highest BCUT2D eigenvalue weighted by Crippen LogP contribution is 2.21. The quantitative estimate of drug-likeness (QED) is 0.653. The molecule has 0 unspecified atom stereocenters. The summed E-state index contributed by atoms with van der Waals surface area (Å²) in [6.45, 7) is 2.10. The van der Waals surface area contributed by atoms with Gasteiger partial charge in [0.2, 0.25) is 0 Å². The van der Waals surface area contributed by atoms with Gasteiger partial charge < -0.3 is 9.84 Å². The van der Waals surface area contributed by atoms with Crippen LogP contribution in [0.1, 0.15) is 11.4 Å². The predicted octanol–water partition coefficient (Wildman–Crippen LogP) is -0.146. The molecule has 0 atom stereocenters. The number of ether oxygens (including phenoxy) is 1. The summed E-state index contributed by atoms with van der Waals surface area (Å²) in [5.74, 6) is 0. The molecule has 9 nitrogen and oxygen atoms in total. The Balaban J connectivity index is 2.21. The Kier molecular flexibility index (Phi) is 4.60. The number of aliphatic hydroxyl groups is 1. The van der Waals surface area contributed by atoms with E-state index in [1.165, 1.54) is 6.20 Å². The molecule has 0 fully saturated rings. The number of aromatic nitrogens is 4. The van der Waals surface area contributed by atoms with Crippen molar-refractivity contribution in [2.75, 3.05) is 18.4 Å². The molecule has 2 aromatic rings. The second-order valence-electron chi connectivity index (χ2n) is 4.37. The first-order valence-corrected chi connectivity index (χ1v) is 7.65. The average molecular weight is 315 g/mol. The number of aryl methyl sites for hydroxylation is 1. The number of aromatic amines is 1.